The van der Waals surface area contributed by atoms with Gasteiger partial charge >= 0.3 is 0 Å². The molecule has 1 aliphatic heterocycles. The van der Waals surface area contributed by atoms with E-state index in [4.69, 9.17) is 9.47 Å². The molecule has 1 heterocycles. The van der Waals surface area contributed by atoms with Crippen molar-refractivity contribution in [1.82, 2.24) is 10.3 Å². The number of amides is 2. The van der Waals surface area contributed by atoms with Gasteiger partial charge in [-0.25, -0.2) is 0 Å². The maximum atomic E-state index is 12.4. The van der Waals surface area contributed by atoms with Crippen LogP contribution >= 0.6 is 0 Å². The third-order valence-electron chi connectivity index (χ3n) is 5.83. The fourth-order valence-electron chi connectivity index (χ4n) is 4.14. The lowest BCUT2D eigenvalue weighted by atomic mass is 9.98. The van der Waals surface area contributed by atoms with Crippen LogP contribution < -0.4 is 15.6 Å². The van der Waals surface area contributed by atoms with Gasteiger partial charge < -0.3 is 14.4 Å². The first-order chi connectivity index (χ1) is 15.2. The molecule has 2 amide bonds. The molecule has 1 atom stereocenters. The number of nitrogens with one attached hydrogen (secondary N) is 2. The maximum absolute atomic E-state index is 12.4. The van der Waals surface area contributed by atoms with Crippen LogP contribution in [-0.4, -0.2) is 42.7 Å². The lowest BCUT2D eigenvalue weighted by Crippen LogP contribution is -2.40. The molecule has 0 aromatic heterocycles. The van der Waals surface area contributed by atoms with E-state index in [9.17, 15) is 9.59 Å². The van der Waals surface area contributed by atoms with Crippen LogP contribution in [-0.2, 0) is 14.3 Å². The monoisotopic (exact) mass is 423 g/mol. The summed E-state index contributed by atoms with van der Waals surface area (Å²) in [4.78, 5) is 26.3. The molecule has 2 aromatic carbocycles. The van der Waals surface area contributed by atoms with E-state index in [1.54, 1.807) is 4.90 Å². The van der Waals surface area contributed by atoms with Crippen LogP contribution in [0, 0.1) is 0 Å². The molecule has 2 N–H and O–H groups in total. The first-order valence-electron chi connectivity index (χ1n) is 10.9. The molecule has 7 heteroatoms. The SMILES string of the molecule is O=C(CN1CC(c2cccc(OCOC3CCCC3)c2)CC1=O)NNc1ccccc1. The van der Waals surface area contributed by atoms with Crippen molar-refractivity contribution in [3.05, 3.63) is 60.2 Å². The van der Waals surface area contributed by atoms with E-state index in [1.165, 1.54) is 12.8 Å². The average molecular weight is 424 g/mol. The van der Waals surface area contributed by atoms with Crippen molar-refractivity contribution in [3.8, 4) is 5.75 Å². The number of nitrogens with zero attached hydrogens (tertiary/aromatic N) is 1. The minimum absolute atomic E-state index is 0.0178. The fraction of sp³-hybridized carbons (Fsp3) is 0.417. The molecular weight excluding hydrogens is 394 g/mol. The Kier molecular flexibility index (Phi) is 7.04. The lowest BCUT2D eigenvalue weighted by Gasteiger charge is -2.17. The molecule has 1 saturated heterocycles. The van der Waals surface area contributed by atoms with Gasteiger partial charge in [0.2, 0.25) is 5.91 Å². The van der Waals surface area contributed by atoms with E-state index in [0.29, 0.717) is 19.1 Å². The van der Waals surface area contributed by atoms with Crippen molar-refractivity contribution in [2.75, 3.05) is 25.3 Å². The van der Waals surface area contributed by atoms with Crippen molar-refractivity contribution in [1.29, 1.82) is 0 Å². The second-order valence-electron chi connectivity index (χ2n) is 8.12. The Morgan fingerprint density at radius 2 is 1.87 bits per heavy atom. The van der Waals surface area contributed by atoms with Gasteiger partial charge in [0, 0.05) is 18.9 Å². The van der Waals surface area contributed by atoms with Crippen molar-refractivity contribution in [2.45, 2.75) is 44.1 Å². The summed E-state index contributed by atoms with van der Waals surface area (Å²) in [6.45, 7) is 0.790. The van der Waals surface area contributed by atoms with Crippen LogP contribution in [0.5, 0.6) is 5.75 Å². The molecule has 1 saturated carbocycles. The Balaban J connectivity index is 1.25. The third-order valence-corrected chi connectivity index (χ3v) is 5.83. The molecule has 2 aromatic rings. The molecule has 2 aliphatic rings. The number of para-hydroxylation sites is 1. The number of likely N-dealkylation sites (tertiary alicyclic amines) is 1. The van der Waals surface area contributed by atoms with Crippen LogP contribution in [0.3, 0.4) is 0 Å². The molecule has 31 heavy (non-hydrogen) atoms. The predicted molar refractivity (Wildman–Crippen MR) is 117 cm³/mol. The molecular formula is C24H29N3O4. The zero-order chi connectivity index (χ0) is 21.5. The average Bonchev–Trinajstić information content (AvgIpc) is 3.43. The topological polar surface area (TPSA) is 79.9 Å². The smallest absolute Gasteiger partial charge is 0.257 e. The molecule has 4 rings (SSSR count). The number of rotatable bonds is 9. The van der Waals surface area contributed by atoms with Gasteiger partial charge in [0.15, 0.2) is 6.79 Å². The van der Waals surface area contributed by atoms with Gasteiger partial charge in [-0.1, -0.05) is 43.2 Å². The lowest BCUT2D eigenvalue weighted by molar-refractivity contribution is -0.132. The number of anilines is 1. The highest BCUT2D eigenvalue weighted by atomic mass is 16.7. The van der Waals surface area contributed by atoms with Gasteiger partial charge in [0.25, 0.3) is 5.91 Å². The van der Waals surface area contributed by atoms with E-state index >= 15 is 0 Å². The van der Waals surface area contributed by atoms with Crippen LogP contribution in [0.15, 0.2) is 54.6 Å². The molecule has 7 nitrogen and oxygen atoms in total. The Hall–Kier alpha value is -3.06. The minimum atomic E-state index is -0.251. The minimum Gasteiger partial charge on any atom is -0.468 e. The third kappa shape index (κ3) is 5.98. The highest BCUT2D eigenvalue weighted by Crippen LogP contribution is 2.30. The largest absolute Gasteiger partial charge is 0.468 e. The second kappa shape index (κ2) is 10.3. The Bertz CT molecular complexity index is 883. The summed E-state index contributed by atoms with van der Waals surface area (Å²) in [5.74, 6) is 0.516. The molecule has 0 radical (unpaired) electrons. The van der Waals surface area contributed by atoms with Crippen LogP contribution in [0.25, 0.3) is 0 Å². The summed E-state index contributed by atoms with van der Waals surface area (Å²) >= 11 is 0. The molecule has 0 spiro atoms. The van der Waals surface area contributed by atoms with Gasteiger partial charge in [0.1, 0.15) is 12.3 Å². The van der Waals surface area contributed by atoms with Crippen molar-refractivity contribution >= 4 is 17.5 Å². The van der Waals surface area contributed by atoms with Gasteiger partial charge in [-0.15, -0.1) is 0 Å². The number of carbonyl (C=O) groups is 2. The summed E-state index contributed by atoms with van der Waals surface area (Å²) in [5, 5.41) is 0. The number of hydrazine groups is 1. The number of carbonyl (C=O) groups excluding carboxylic acids is 2. The van der Waals surface area contributed by atoms with E-state index in [0.717, 1.165) is 29.8 Å². The van der Waals surface area contributed by atoms with E-state index in [1.807, 2.05) is 54.6 Å². The van der Waals surface area contributed by atoms with Crippen LogP contribution in [0.2, 0.25) is 0 Å². The Morgan fingerprint density at radius 3 is 2.68 bits per heavy atom. The van der Waals surface area contributed by atoms with Gasteiger partial charge in [-0.2, -0.15) is 0 Å². The second-order valence-corrected chi connectivity index (χ2v) is 8.12. The van der Waals surface area contributed by atoms with Crippen LogP contribution in [0.4, 0.5) is 5.69 Å². The normalized spacial score (nSPS) is 18.9. The number of benzene rings is 2. The Morgan fingerprint density at radius 1 is 1.06 bits per heavy atom. The molecule has 1 aliphatic carbocycles. The summed E-state index contributed by atoms with van der Waals surface area (Å²) in [7, 11) is 0. The van der Waals surface area contributed by atoms with Gasteiger partial charge in [0.05, 0.1) is 11.8 Å². The van der Waals surface area contributed by atoms with E-state index < -0.39 is 0 Å². The number of hydrogen-bond donors (Lipinski definition) is 2. The first-order valence-corrected chi connectivity index (χ1v) is 10.9. The predicted octanol–water partition coefficient (Wildman–Crippen LogP) is 3.44. The fourth-order valence-corrected chi connectivity index (χ4v) is 4.14. The maximum Gasteiger partial charge on any atom is 0.257 e. The summed E-state index contributed by atoms with van der Waals surface area (Å²) in [6, 6.07) is 17.2. The number of ether oxygens (including phenoxy) is 2. The summed E-state index contributed by atoms with van der Waals surface area (Å²) in [6.07, 6.45) is 5.38. The van der Waals surface area contributed by atoms with Gasteiger partial charge in [-0.05, 0) is 42.7 Å². The quantitative estimate of drug-likeness (QED) is 0.477. The molecule has 1 unspecified atom stereocenters. The van der Waals surface area contributed by atoms with Crippen molar-refractivity contribution in [3.63, 3.8) is 0 Å². The van der Waals surface area contributed by atoms with E-state index in [2.05, 4.69) is 10.9 Å². The summed E-state index contributed by atoms with van der Waals surface area (Å²) in [5.41, 5.74) is 7.32. The highest BCUT2D eigenvalue weighted by molar-refractivity contribution is 5.87. The highest BCUT2D eigenvalue weighted by Gasteiger charge is 2.32. The summed E-state index contributed by atoms with van der Waals surface area (Å²) < 4.78 is 11.5. The van der Waals surface area contributed by atoms with Crippen molar-refractivity contribution < 1.29 is 19.1 Å². The zero-order valence-corrected chi connectivity index (χ0v) is 17.6. The molecule has 2 fully saturated rings. The molecule has 0 bridgehead atoms. The standard InChI is InChI=1S/C24H29N3O4/c28-23(26-25-20-8-2-1-3-9-20)16-27-15-19(14-24(27)29)18-7-6-12-22(13-18)31-17-30-21-10-4-5-11-21/h1-3,6-9,12-13,19,21,25H,4-5,10-11,14-17H2,(H,26,28). The van der Waals surface area contributed by atoms with Crippen LogP contribution in [0.1, 0.15) is 43.6 Å². The van der Waals surface area contributed by atoms with E-state index in [-0.39, 0.29) is 31.1 Å². The molecule has 164 valence electrons. The zero-order valence-electron chi connectivity index (χ0n) is 17.6. The first kappa shape index (κ1) is 21.2. The number of hydrogen-bond acceptors (Lipinski definition) is 5. The Labute approximate surface area is 182 Å². The van der Waals surface area contributed by atoms with Crippen molar-refractivity contribution in [2.24, 2.45) is 0 Å². The van der Waals surface area contributed by atoms with Gasteiger partial charge in [-0.3, -0.25) is 20.4 Å².